The van der Waals surface area contributed by atoms with Gasteiger partial charge in [-0.3, -0.25) is 0 Å². The Balaban J connectivity index is 0.000000183. The Morgan fingerprint density at radius 1 is 0.490 bits per heavy atom. The highest BCUT2D eigenvalue weighted by atomic mass is 35.7. The van der Waals surface area contributed by atoms with Crippen LogP contribution in [0, 0.1) is 27.7 Å². The van der Waals surface area contributed by atoms with E-state index in [9.17, 15) is 16.8 Å². The first-order valence-electron chi connectivity index (χ1n) is 15.0. The largest absolute Gasteiger partial charge is 0.368 e. The van der Waals surface area contributed by atoms with Crippen molar-refractivity contribution in [3.8, 4) is 22.3 Å². The zero-order chi connectivity index (χ0) is 35.6. The molecule has 0 fully saturated rings. The van der Waals surface area contributed by atoms with Crippen molar-refractivity contribution in [3.63, 3.8) is 0 Å². The number of aryl methyl sites for hydroxylation is 4. The summed E-state index contributed by atoms with van der Waals surface area (Å²) in [7, 11) is -1.90. The molecule has 6 rings (SSSR count). The second-order valence-electron chi connectivity index (χ2n) is 11.3. The second-order valence-corrected chi connectivity index (χ2v) is 15.8. The molecular weight excluding hydrogens is 678 g/mol. The van der Waals surface area contributed by atoms with Crippen molar-refractivity contribution >= 4 is 35.5 Å². The molecular formula is C37H36ClN5O4S2. The molecule has 0 saturated carbocycles. The van der Waals surface area contributed by atoms with Gasteiger partial charge < -0.3 is 5.73 Å². The van der Waals surface area contributed by atoms with Crippen molar-refractivity contribution in [1.29, 1.82) is 0 Å². The number of nitrogen functional groups attached to an aromatic ring is 1. The van der Waals surface area contributed by atoms with Gasteiger partial charge >= 0.3 is 0 Å². The molecule has 2 N–H and O–H groups in total. The first-order valence-corrected chi connectivity index (χ1v) is 19.0. The number of hydrogen-bond acceptors (Lipinski definition) is 9. The minimum absolute atomic E-state index is 0.143. The normalized spacial score (nSPS) is 11.0. The quantitative estimate of drug-likeness (QED) is 0.172. The molecule has 49 heavy (non-hydrogen) atoms. The van der Waals surface area contributed by atoms with Gasteiger partial charge in [0.1, 0.15) is 11.6 Å². The summed E-state index contributed by atoms with van der Waals surface area (Å²) in [5.74, 6) is 0.400. The van der Waals surface area contributed by atoms with Gasteiger partial charge in [-0.1, -0.05) is 95.1 Å². The van der Waals surface area contributed by atoms with Gasteiger partial charge in [0.15, 0.2) is 9.84 Å². The molecule has 0 aliphatic heterocycles. The lowest BCUT2D eigenvalue weighted by molar-refractivity contribution is 0.593. The molecule has 0 bridgehead atoms. The number of nitrogens with two attached hydrogens (primary N) is 1. The predicted molar refractivity (Wildman–Crippen MR) is 195 cm³/mol. The van der Waals surface area contributed by atoms with Gasteiger partial charge in [-0.2, -0.15) is 0 Å². The van der Waals surface area contributed by atoms with Gasteiger partial charge in [0.2, 0.25) is 5.95 Å². The number of sulfone groups is 1. The third kappa shape index (κ3) is 11.3. The number of halogens is 1. The number of nitrogens with zero attached hydrogens (tertiary/aromatic N) is 4. The van der Waals surface area contributed by atoms with E-state index in [1.807, 2.05) is 57.2 Å². The standard InChI is InChI=1S/C19H18N2O2S.C11H11N3.C7H7ClO2S/c1-14-3-7-16(8-4-14)17-11-20-19(21-12-17)13-24(22,23)18-9-5-15(2)6-10-18;1-8-2-4-9(5-3-8)10-6-13-11(12)14-7-10;1-6-2-4-7(5-3-6)11(8,9)10/h3-12H,13H2,1-2H3;2-7H,1H3,(H2,12,13,14);2-5H,1H3. The summed E-state index contributed by atoms with van der Waals surface area (Å²) in [6.45, 7) is 7.89. The second kappa shape index (κ2) is 16.4. The van der Waals surface area contributed by atoms with Crippen LogP contribution in [0.1, 0.15) is 28.1 Å². The van der Waals surface area contributed by atoms with Crippen LogP contribution in [0.4, 0.5) is 5.95 Å². The molecule has 0 unspecified atom stereocenters. The van der Waals surface area contributed by atoms with Crippen LogP contribution in [0.2, 0.25) is 0 Å². The summed E-state index contributed by atoms with van der Waals surface area (Å²) in [6.07, 6.45) is 6.79. The maximum Gasteiger partial charge on any atom is 0.261 e. The van der Waals surface area contributed by atoms with Gasteiger partial charge in [0.05, 0.1) is 9.79 Å². The van der Waals surface area contributed by atoms with E-state index in [0.29, 0.717) is 16.7 Å². The van der Waals surface area contributed by atoms with Gasteiger partial charge in [-0.15, -0.1) is 0 Å². The van der Waals surface area contributed by atoms with E-state index in [1.165, 1.54) is 23.3 Å². The highest BCUT2D eigenvalue weighted by Crippen LogP contribution is 2.21. The third-order valence-electron chi connectivity index (χ3n) is 7.15. The molecule has 0 radical (unpaired) electrons. The zero-order valence-electron chi connectivity index (χ0n) is 27.4. The Morgan fingerprint density at radius 2 is 0.816 bits per heavy atom. The molecule has 0 aliphatic rings. The smallest absolute Gasteiger partial charge is 0.261 e. The van der Waals surface area contributed by atoms with Crippen molar-refractivity contribution in [2.75, 3.05) is 5.73 Å². The van der Waals surface area contributed by atoms with E-state index in [-0.39, 0.29) is 10.6 Å². The Morgan fingerprint density at radius 3 is 1.18 bits per heavy atom. The van der Waals surface area contributed by atoms with E-state index in [2.05, 4.69) is 39.0 Å². The van der Waals surface area contributed by atoms with E-state index in [0.717, 1.165) is 33.4 Å². The zero-order valence-corrected chi connectivity index (χ0v) is 29.8. The van der Waals surface area contributed by atoms with Crippen LogP contribution in [-0.4, -0.2) is 36.8 Å². The fourth-order valence-electron chi connectivity index (χ4n) is 4.26. The van der Waals surface area contributed by atoms with Crippen molar-refractivity contribution in [3.05, 3.63) is 150 Å². The summed E-state index contributed by atoms with van der Waals surface area (Å²) < 4.78 is 46.3. The molecule has 4 aromatic carbocycles. The topological polar surface area (TPSA) is 146 Å². The van der Waals surface area contributed by atoms with Crippen LogP contribution in [0.25, 0.3) is 22.3 Å². The van der Waals surface area contributed by atoms with Crippen molar-refractivity contribution in [1.82, 2.24) is 19.9 Å². The van der Waals surface area contributed by atoms with Crippen LogP contribution in [0.5, 0.6) is 0 Å². The Bertz CT molecular complexity index is 2130. The van der Waals surface area contributed by atoms with E-state index >= 15 is 0 Å². The van der Waals surface area contributed by atoms with Gasteiger partial charge in [0, 0.05) is 46.6 Å². The molecule has 12 heteroatoms. The van der Waals surface area contributed by atoms with E-state index in [4.69, 9.17) is 16.4 Å². The molecule has 0 aliphatic carbocycles. The highest BCUT2D eigenvalue weighted by molar-refractivity contribution is 8.13. The molecule has 0 spiro atoms. The van der Waals surface area contributed by atoms with Crippen LogP contribution in [-0.2, 0) is 24.6 Å². The molecule has 2 aromatic heterocycles. The summed E-state index contributed by atoms with van der Waals surface area (Å²) in [5.41, 5.74) is 13.8. The number of aromatic nitrogens is 4. The van der Waals surface area contributed by atoms with E-state index in [1.54, 1.807) is 61.2 Å². The predicted octanol–water partition coefficient (Wildman–Crippen LogP) is 7.69. The first-order chi connectivity index (χ1) is 23.2. The van der Waals surface area contributed by atoms with Gasteiger partial charge in [-0.05, 0) is 63.1 Å². The fraction of sp³-hybridized carbons (Fsp3) is 0.135. The maximum absolute atomic E-state index is 12.4. The van der Waals surface area contributed by atoms with Crippen molar-refractivity contribution < 1.29 is 16.8 Å². The summed E-state index contributed by atoms with van der Waals surface area (Å²) in [5, 5.41) is 0. The number of hydrogen-bond donors (Lipinski definition) is 1. The average Bonchev–Trinajstić information content (AvgIpc) is 3.07. The van der Waals surface area contributed by atoms with Crippen LogP contribution in [0.3, 0.4) is 0 Å². The fourth-order valence-corrected chi connectivity index (χ4v) is 6.23. The Kier molecular flexibility index (Phi) is 12.4. The van der Waals surface area contributed by atoms with Gasteiger partial charge in [-0.25, -0.2) is 36.8 Å². The lowest BCUT2D eigenvalue weighted by Gasteiger charge is -2.06. The Hall–Kier alpha value is -4.97. The minimum atomic E-state index is -3.55. The molecule has 0 atom stereocenters. The summed E-state index contributed by atoms with van der Waals surface area (Å²) in [4.78, 5) is 16.8. The number of rotatable bonds is 6. The SMILES string of the molecule is Cc1ccc(-c2cnc(CS(=O)(=O)c3ccc(C)cc3)nc2)cc1.Cc1ccc(-c2cnc(N)nc2)cc1.Cc1ccc(S(=O)(=O)Cl)cc1. The van der Waals surface area contributed by atoms with E-state index < -0.39 is 18.9 Å². The lowest BCUT2D eigenvalue weighted by atomic mass is 10.1. The molecule has 0 amide bonds. The molecule has 252 valence electrons. The maximum atomic E-state index is 12.4. The number of benzene rings is 4. The molecule has 6 aromatic rings. The third-order valence-corrected chi connectivity index (χ3v) is 10.1. The summed E-state index contributed by atoms with van der Waals surface area (Å²) >= 11 is 0. The first kappa shape index (κ1) is 36.9. The van der Waals surface area contributed by atoms with Crippen LogP contribution < -0.4 is 5.73 Å². The minimum Gasteiger partial charge on any atom is -0.368 e. The lowest BCUT2D eigenvalue weighted by Crippen LogP contribution is -2.08. The van der Waals surface area contributed by atoms with Crippen LogP contribution in [0.15, 0.2) is 132 Å². The monoisotopic (exact) mass is 713 g/mol. The molecule has 0 saturated heterocycles. The van der Waals surface area contributed by atoms with Crippen LogP contribution >= 0.6 is 10.7 Å². The van der Waals surface area contributed by atoms with Crippen molar-refractivity contribution in [2.45, 2.75) is 43.2 Å². The Labute approximate surface area is 292 Å². The summed E-state index contributed by atoms with van der Waals surface area (Å²) in [6, 6.07) is 29.4. The molecule has 9 nitrogen and oxygen atoms in total. The van der Waals surface area contributed by atoms with Crippen molar-refractivity contribution in [2.24, 2.45) is 0 Å². The average molecular weight is 714 g/mol. The molecule has 2 heterocycles. The highest BCUT2D eigenvalue weighted by Gasteiger charge is 2.17. The number of anilines is 1. The van der Waals surface area contributed by atoms with Gasteiger partial charge in [0.25, 0.3) is 9.05 Å².